The molecule has 1 aromatic carbocycles. The van der Waals surface area contributed by atoms with Gasteiger partial charge in [0.05, 0.1) is 29.7 Å². The molecule has 3 heterocycles. The molecule has 0 atom stereocenters. The van der Waals surface area contributed by atoms with Crippen LogP contribution in [0.4, 0.5) is 13.2 Å². The SMILES string of the molecule is CN1CCN(CCCOc2ccc(-c3cc4c(ncn4C)c(C=N)n3)cc2C(F)(F)F)CC1. The van der Waals surface area contributed by atoms with Crippen LogP contribution in [-0.2, 0) is 13.2 Å². The molecule has 1 N–H and O–H groups in total. The van der Waals surface area contributed by atoms with Crippen molar-refractivity contribution in [3.8, 4) is 17.0 Å². The molecule has 3 aromatic rings. The fraction of sp³-hybridized carbons (Fsp3) is 0.435. The number of ether oxygens (including phenoxy) is 1. The van der Waals surface area contributed by atoms with Crippen molar-refractivity contribution in [2.45, 2.75) is 12.6 Å². The minimum Gasteiger partial charge on any atom is -0.493 e. The molecule has 1 saturated heterocycles. The van der Waals surface area contributed by atoms with E-state index in [2.05, 4.69) is 26.8 Å². The average Bonchev–Trinajstić information content (AvgIpc) is 3.17. The van der Waals surface area contributed by atoms with Crippen molar-refractivity contribution in [2.75, 3.05) is 46.4 Å². The van der Waals surface area contributed by atoms with Crippen LogP contribution in [0.15, 0.2) is 30.6 Å². The third kappa shape index (κ3) is 5.17. The Kier molecular flexibility index (Phi) is 6.66. The largest absolute Gasteiger partial charge is 0.493 e. The summed E-state index contributed by atoms with van der Waals surface area (Å²) in [4.78, 5) is 13.1. The quantitative estimate of drug-likeness (QED) is 0.430. The molecule has 4 rings (SSSR count). The van der Waals surface area contributed by atoms with Gasteiger partial charge in [-0.05, 0) is 37.7 Å². The minimum atomic E-state index is -4.57. The molecule has 0 aliphatic carbocycles. The predicted octanol–water partition coefficient (Wildman–Crippen LogP) is 3.67. The summed E-state index contributed by atoms with van der Waals surface area (Å²) in [6.45, 7) is 4.94. The maximum atomic E-state index is 13.8. The van der Waals surface area contributed by atoms with Crippen molar-refractivity contribution in [1.29, 1.82) is 5.41 Å². The highest BCUT2D eigenvalue weighted by Gasteiger charge is 2.35. The number of imidazole rings is 1. The molecule has 1 aliphatic heterocycles. The summed E-state index contributed by atoms with van der Waals surface area (Å²) in [5.41, 5.74) is 1.35. The van der Waals surface area contributed by atoms with E-state index < -0.39 is 11.7 Å². The first-order chi connectivity index (χ1) is 15.8. The number of nitrogens with zero attached hydrogens (tertiary/aromatic N) is 5. The van der Waals surface area contributed by atoms with E-state index in [9.17, 15) is 13.2 Å². The maximum Gasteiger partial charge on any atom is 0.419 e. The Morgan fingerprint density at radius 1 is 1.12 bits per heavy atom. The van der Waals surface area contributed by atoms with E-state index in [-0.39, 0.29) is 12.4 Å². The third-order valence-corrected chi connectivity index (χ3v) is 5.93. The lowest BCUT2D eigenvalue weighted by atomic mass is 10.1. The van der Waals surface area contributed by atoms with Crippen LogP contribution in [0, 0.1) is 5.41 Å². The lowest BCUT2D eigenvalue weighted by Gasteiger charge is -2.32. The topological polar surface area (TPSA) is 70.3 Å². The fourth-order valence-electron chi connectivity index (χ4n) is 3.98. The van der Waals surface area contributed by atoms with E-state index in [1.807, 2.05) is 0 Å². The summed E-state index contributed by atoms with van der Waals surface area (Å²) in [7, 11) is 3.87. The average molecular weight is 461 g/mol. The number of piperazine rings is 1. The highest BCUT2D eigenvalue weighted by molar-refractivity contribution is 5.95. The Hall–Kier alpha value is -2.98. The second-order valence-electron chi connectivity index (χ2n) is 8.32. The molecule has 33 heavy (non-hydrogen) atoms. The van der Waals surface area contributed by atoms with Gasteiger partial charge < -0.3 is 24.5 Å². The fourth-order valence-corrected chi connectivity index (χ4v) is 3.98. The van der Waals surface area contributed by atoms with Crippen LogP contribution in [0.3, 0.4) is 0 Å². The van der Waals surface area contributed by atoms with Gasteiger partial charge in [0.1, 0.15) is 17.0 Å². The first kappa shape index (κ1) is 23.2. The zero-order valence-electron chi connectivity index (χ0n) is 18.7. The maximum absolute atomic E-state index is 13.8. The van der Waals surface area contributed by atoms with Crippen molar-refractivity contribution in [2.24, 2.45) is 7.05 Å². The van der Waals surface area contributed by atoms with Gasteiger partial charge in [0.25, 0.3) is 0 Å². The second-order valence-corrected chi connectivity index (χ2v) is 8.32. The number of benzene rings is 1. The zero-order chi connectivity index (χ0) is 23.6. The molecule has 0 radical (unpaired) electrons. The summed E-state index contributed by atoms with van der Waals surface area (Å²) in [6.07, 6.45) is -1.27. The second kappa shape index (κ2) is 9.48. The smallest absolute Gasteiger partial charge is 0.419 e. The number of fused-ring (bicyclic) bond motifs is 1. The molecule has 2 aromatic heterocycles. The number of nitrogens with one attached hydrogen (secondary N) is 1. The minimum absolute atomic E-state index is 0.182. The van der Waals surface area contributed by atoms with Crippen LogP contribution in [0.25, 0.3) is 22.3 Å². The van der Waals surface area contributed by atoms with Crippen molar-refractivity contribution >= 4 is 17.2 Å². The lowest BCUT2D eigenvalue weighted by Crippen LogP contribution is -2.44. The van der Waals surface area contributed by atoms with Crippen LogP contribution < -0.4 is 4.74 Å². The molecule has 10 heteroatoms. The van der Waals surface area contributed by atoms with Crippen LogP contribution in [0.2, 0.25) is 0 Å². The van der Waals surface area contributed by atoms with Gasteiger partial charge in [0, 0.05) is 51.5 Å². The Bertz CT molecular complexity index is 1140. The number of likely N-dealkylation sites (N-methyl/N-ethyl adjacent to an activating group) is 1. The molecule has 0 amide bonds. The number of aryl methyl sites for hydroxylation is 1. The van der Waals surface area contributed by atoms with E-state index >= 15 is 0 Å². The Morgan fingerprint density at radius 3 is 2.58 bits per heavy atom. The molecule has 176 valence electrons. The number of alkyl halides is 3. The summed E-state index contributed by atoms with van der Waals surface area (Å²) < 4.78 is 48.8. The Labute approximate surface area is 190 Å². The molecule has 0 unspecified atom stereocenters. The first-order valence-corrected chi connectivity index (χ1v) is 10.8. The molecule has 0 bridgehead atoms. The first-order valence-electron chi connectivity index (χ1n) is 10.8. The van der Waals surface area contributed by atoms with E-state index in [1.54, 1.807) is 30.1 Å². The number of hydrogen-bond donors (Lipinski definition) is 1. The van der Waals surface area contributed by atoms with Crippen LogP contribution in [-0.4, -0.2) is 76.9 Å². The molecule has 7 nitrogen and oxygen atoms in total. The van der Waals surface area contributed by atoms with Crippen molar-refractivity contribution in [1.82, 2.24) is 24.3 Å². The number of halogens is 3. The normalized spacial score (nSPS) is 15.8. The number of aromatic nitrogens is 3. The Morgan fingerprint density at radius 2 is 1.88 bits per heavy atom. The van der Waals surface area contributed by atoms with Gasteiger partial charge in [0.2, 0.25) is 0 Å². The highest BCUT2D eigenvalue weighted by Crippen LogP contribution is 2.39. The molecule has 1 aliphatic rings. The molecule has 1 fully saturated rings. The number of hydrogen-bond acceptors (Lipinski definition) is 6. The number of pyridine rings is 1. The Balaban J connectivity index is 1.53. The van der Waals surface area contributed by atoms with Crippen molar-refractivity contribution in [3.05, 3.63) is 41.9 Å². The third-order valence-electron chi connectivity index (χ3n) is 5.93. The summed E-state index contributed by atoms with van der Waals surface area (Å²) in [5, 5.41) is 7.61. The monoisotopic (exact) mass is 460 g/mol. The number of rotatable bonds is 7. The van der Waals surface area contributed by atoms with Gasteiger partial charge >= 0.3 is 6.18 Å². The molecule has 0 spiro atoms. The summed E-state index contributed by atoms with van der Waals surface area (Å²) in [5.74, 6) is -0.182. The van der Waals surface area contributed by atoms with Gasteiger partial charge in [-0.1, -0.05) is 0 Å². The van der Waals surface area contributed by atoms with Crippen molar-refractivity contribution < 1.29 is 17.9 Å². The van der Waals surface area contributed by atoms with E-state index in [1.165, 1.54) is 6.07 Å². The molecular weight excluding hydrogens is 433 g/mol. The van der Waals surface area contributed by atoms with E-state index in [0.29, 0.717) is 34.4 Å². The predicted molar refractivity (Wildman–Crippen MR) is 121 cm³/mol. The summed E-state index contributed by atoms with van der Waals surface area (Å²) in [6, 6.07) is 5.67. The van der Waals surface area contributed by atoms with Gasteiger partial charge in [-0.3, -0.25) is 0 Å². The summed E-state index contributed by atoms with van der Waals surface area (Å²) >= 11 is 0. The van der Waals surface area contributed by atoms with Gasteiger partial charge in [-0.2, -0.15) is 13.2 Å². The molecular formula is C23H27F3N6O. The van der Waals surface area contributed by atoms with Gasteiger partial charge in [-0.15, -0.1) is 0 Å². The van der Waals surface area contributed by atoms with E-state index in [0.717, 1.165) is 45.0 Å². The zero-order valence-corrected chi connectivity index (χ0v) is 18.7. The van der Waals surface area contributed by atoms with Crippen LogP contribution >= 0.6 is 0 Å². The highest BCUT2D eigenvalue weighted by atomic mass is 19.4. The van der Waals surface area contributed by atoms with Crippen LogP contribution in [0.5, 0.6) is 5.75 Å². The standard InChI is InChI=1S/C23H27F3N6O/c1-30-7-9-32(10-8-30)6-3-11-33-21-5-4-16(12-17(21)23(24,25)26)18-13-20-22(19(14-27)29-18)28-15-31(20)2/h4-5,12-15,27H,3,6-11H2,1-2H3. The lowest BCUT2D eigenvalue weighted by molar-refractivity contribution is -0.138. The van der Waals surface area contributed by atoms with Gasteiger partial charge in [0.15, 0.2) is 0 Å². The van der Waals surface area contributed by atoms with E-state index in [4.69, 9.17) is 10.1 Å². The van der Waals surface area contributed by atoms with Gasteiger partial charge in [-0.25, -0.2) is 9.97 Å². The van der Waals surface area contributed by atoms with Crippen molar-refractivity contribution in [3.63, 3.8) is 0 Å². The molecule has 0 saturated carbocycles. The van der Waals surface area contributed by atoms with Crippen LogP contribution in [0.1, 0.15) is 17.7 Å².